The van der Waals surface area contributed by atoms with Gasteiger partial charge in [-0.25, -0.2) is 0 Å². The molecule has 1 aliphatic rings. The number of benzene rings is 1. The number of nitrogens with zero attached hydrogens (tertiary/aromatic N) is 4. The lowest BCUT2D eigenvalue weighted by Gasteiger charge is -2.22. The molecule has 1 saturated heterocycles. The van der Waals surface area contributed by atoms with Gasteiger partial charge < -0.3 is 14.7 Å². The van der Waals surface area contributed by atoms with Crippen LogP contribution in [-0.2, 0) is 9.59 Å². The van der Waals surface area contributed by atoms with Gasteiger partial charge in [0, 0.05) is 18.3 Å². The van der Waals surface area contributed by atoms with Crippen molar-refractivity contribution >= 4 is 12.3 Å². The van der Waals surface area contributed by atoms with E-state index in [1.54, 1.807) is 11.2 Å². The molecule has 0 radical (unpaired) electrons. The molecule has 1 aromatic carbocycles. The largest absolute Gasteiger partial charge is 0.364 e. The average molecular weight is 510 g/mol. The second kappa shape index (κ2) is 14.4. The van der Waals surface area contributed by atoms with Crippen molar-refractivity contribution in [3.8, 4) is 11.1 Å². The summed E-state index contributed by atoms with van der Waals surface area (Å²) in [5, 5.41) is 11.1. The fourth-order valence-electron chi connectivity index (χ4n) is 4.07. The molecule has 0 bridgehead atoms. The van der Waals surface area contributed by atoms with E-state index in [2.05, 4.69) is 49.5 Å². The molecule has 8 heteroatoms. The van der Waals surface area contributed by atoms with Crippen molar-refractivity contribution in [2.75, 3.05) is 6.54 Å². The van der Waals surface area contributed by atoms with Crippen molar-refractivity contribution in [3.05, 3.63) is 59.7 Å². The smallest absolute Gasteiger partial charge is 0.243 e. The van der Waals surface area contributed by atoms with E-state index < -0.39 is 0 Å². The van der Waals surface area contributed by atoms with Gasteiger partial charge in [-0.15, -0.1) is 0 Å². The molecular formula is C29H43N5O3. The molecule has 4 rings (SSSR count). The number of hydrogen-bond donors (Lipinski definition) is 1. The highest BCUT2D eigenvalue weighted by Crippen LogP contribution is 2.25. The summed E-state index contributed by atoms with van der Waals surface area (Å²) in [5.74, 6) is 0.556. The summed E-state index contributed by atoms with van der Waals surface area (Å²) < 4.78 is 7.00. The number of carbonyl (C=O) groups excluding carboxylic acids is 2. The topological polar surface area (TPSA) is 93.3 Å². The van der Waals surface area contributed by atoms with Gasteiger partial charge in [0.2, 0.25) is 12.3 Å². The van der Waals surface area contributed by atoms with Crippen molar-refractivity contribution in [2.24, 2.45) is 5.92 Å². The molecule has 37 heavy (non-hydrogen) atoms. The molecule has 3 aromatic rings. The van der Waals surface area contributed by atoms with E-state index in [0.29, 0.717) is 18.5 Å². The maximum atomic E-state index is 12.4. The predicted molar refractivity (Wildman–Crippen MR) is 147 cm³/mol. The number of carbonyl (C=O) groups is 2. The number of aryl methyl sites for hydroxylation is 2. The molecule has 2 amide bonds. The van der Waals surface area contributed by atoms with Crippen molar-refractivity contribution < 1.29 is 14.1 Å². The van der Waals surface area contributed by atoms with Crippen LogP contribution in [0.2, 0.25) is 0 Å². The zero-order valence-electron chi connectivity index (χ0n) is 23.6. The van der Waals surface area contributed by atoms with Crippen molar-refractivity contribution in [1.82, 2.24) is 25.2 Å². The van der Waals surface area contributed by atoms with E-state index in [4.69, 9.17) is 4.52 Å². The molecule has 1 fully saturated rings. The Hall–Kier alpha value is -3.42. The molecule has 3 heterocycles. The maximum absolute atomic E-state index is 12.4. The average Bonchev–Trinajstić information content (AvgIpc) is 3.66. The highest BCUT2D eigenvalue weighted by molar-refractivity contribution is 5.84. The predicted octanol–water partition coefficient (Wildman–Crippen LogP) is 5.88. The molecule has 8 nitrogen and oxygen atoms in total. The molecule has 0 aliphatic carbocycles. The molecule has 1 aliphatic heterocycles. The number of likely N-dealkylation sites (tertiary alicyclic amines) is 1. The number of amides is 2. The fraction of sp³-hybridized carbons (Fsp3) is 0.517. The Bertz CT molecular complexity index is 1100. The molecule has 1 N–H and O–H groups in total. The van der Waals surface area contributed by atoms with Crippen LogP contribution in [0.5, 0.6) is 0 Å². The zero-order chi connectivity index (χ0) is 27.5. The molecular weight excluding hydrogens is 466 g/mol. The van der Waals surface area contributed by atoms with Gasteiger partial charge in [0.15, 0.2) is 0 Å². The monoisotopic (exact) mass is 509 g/mol. The SMILES string of the molecule is CC.Cc1cnn(C(C)C(C)C)c1.Cc1nocc1-c1ccc(C(C)NC(=O)C2CCCN2C=O)cc1. The van der Waals surface area contributed by atoms with Crippen LogP contribution >= 0.6 is 0 Å². The van der Waals surface area contributed by atoms with Crippen molar-refractivity contribution in [1.29, 1.82) is 0 Å². The van der Waals surface area contributed by atoms with Crippen LogP contribution in [0.3, 0.4) is 0 Å². The summed E-state index contributed by atoms with van der Waals surface area (Å²) in [7, 11) is 0. The minimum absolute atomic E-state index is 0.0916. The number of nitrogens with one attached hydrogen (secondary N) is 1. The quantitative estimate of drug-likeness (QED) is 0.401. The third-order valence-corrected chi connectivity index (χ3v) is 6.68. The summed E-state index contributed by atoms with van der Waals surface area (Å²) in [6, 6.07) is 7.99. The Balaban J connectivity index is 0.000000311. The molecule has 0 saturated carbocycles. The standard InChI is InChI=1S/C18H21N3O3.C9H16N2.C2H6/c1-12(19-18(23)17-4-3-9-21(17)11-22)14-5-7-15(8-6-14)16-10-24-20-13(16)2;1-7(2)9(4)11-6-8(3)5-10-11;1-2/h5-8,10-12,17H,3-4,9H2,1-2H3,(H,19,23);5-7,9H,1-4H3;1-2H3. The molecule has 3 unspecified atom stereocenters. The fourth-order valence-corrected chi connectivity index (χ4v) is 4.07. The Morgan fingerprint density at radius 2 is 1.81 bits per heavy atom. The summed E-state index contributed by atoms with van der Waals surface area (Å²) in [6.07, 6.45) is 7.98. The van der Waals surface area contributed by atoms with Crippen LogP contribution < -0.4 is 5.32 Å². The molecule has 0 spiro atoms. The van der Waals surface area contributed by atoms with Crippen molar-refractivity contribution in [2.45, 2.75) is 86.4 Å². The van der Waals surface area contributed by atoms with E-state index >= 15 is 0 Å². The van der Waals surface area contributed by atoms with Crippen LogP contribution in [0.1, 0.15) is 83.3 Å². The second-order valence-electron chi connectivity index (χ2n) is 9.65. The first-order valence-corrected chi connectivity index (χ1v) is 13.2. The van der Waals surface area contributed by atoms with Gasteiger partial charge in [0.1, 0.15) is 12.3 Å². The van der Waals surface area contributed by atoms with E-state index in [9.17, 15) is 9.59 Å². The summed E-state index contributed by atoms with van der Waals surface area (Å²) in [5.41, 5.74) is 5.08. The highest BCUT2D eigenvalue weighted by atomic mass is 16.5. The summed E-state index contributed by atoms with van der Waals surface area (Å²) in [4.78, 5) is 24.9. The van der Waals surface area contributed by atoms with Crippen molar-refractivity contribution in [3.63, 3.8) is 0 Å². The Morgan fingerprint density at radius 3 is 2.32 bits per heavy atom. The number of rotatable bonds is 7. The molecule has 2 aromatic heterocycles. The lowest BCUT2D eigenvalue weighted by atomic mass is 10.0. The van der Waals surface area contributed by atoms with Gasteiger partial charge in [-0.1, -0.05) is 57.1 Å². The summed E-state index contributed by atoms with van der Waals surface area (Å²) in [6.45, 7) is 17.2. The van der Waals surface area contributed by atoms with Crippen LogP contribution in [-0.4, -0.2) is 44.7 Å². The van der Waals surface area contributed by atoms with Gasteiger partial charge in [0.25, 0.3) is 0 Å². The first-order valence-electron chi connectivity index (χ1n) is 13.2. The Kier molecular flexibility index (Phi) is 11.6. The van der Waals surface area contributed by atoms with Gasteiger partial charge in [-0.3, -0.25) is 14.3 Å². The second-order valence-corrected chi connectivity index (χ2v) is 9.65. The number of hydrogen-bond acceptors (Lipinski definition) is 5. The summed E-state index contributed by atoms with van der Waals surface area (Å²) >= 11 is 0. The zero-order valence-corrected chi connectivity index (χ0v) is 23.6. The minimum atomic E-state index is -0.344. The van der Waals surface area contributed by atoms with Crippen LogP contribution in [0.25, 0.3) is 11.1 Å². The highest BCUT2D eigenvalue weighted by Gasteiger charge is 2.30. The van der Waals surface area contributed by atoms with E-state index in [1.807, 2.05) is 62.8 Å². The first kappa shape index (κ1) is 29.8. The lowest BCUT2D eigenvalue weighted by molar-refractivity contribution is -0.131. The third kappa shape index (κ3) is 8.03. The molecule has 202 valence electrons. The van der Waals surface area contributed by atoms with Crippen LogP contribution in [0.4, 0.5) is 0 Å². The maximum Gasteiger partial charge on any atom is 0.243 e. The van der Waals surface area contributed by atoms with E-state index in [-0.39, 0.29) is 18.0 Å². The first-order chi connectivity index (χ1) is 17.7. The Labute approximate surface area is 221 Å². The van der Waals surface area contributed by atoms with Crippen LogP contribution in [0.15, 0.2) is 47.4 Å². The van der Waals surface area contributed by atoms with E-state index in [0.717, 1.165) is 41.6 Å². The number of aromatic nitrogens is 3. The van der Waals surface area contributed by atoms with Gasteiger partial charge in [-0.05, 0) is 63.1 Å². The minimum Gasteiger partial charge on any atom is -0.364 e. The molecule has 3 atom stereocenters. The normalized spacial score (nSPS) is 16.2. The van der Waals surface area contributed by atoms with Crippen LogP contribution in [0, 0.1) is 19.8 Å². The van der Waals surface area contributed by atoms with Gasteiger partial charge in [-0.2, -0.15) is 5.10 Å². The van der Waals surface area contributed by atoms with Gasteiger partial charge >= 0.3 is 0 Å². The Morgan fingerprint density at radius 1 is 1.14 bits per heavy atom. The van der Waals surface area contributed by atoms with Gasteiger partial charge in [0.05, 0.1) is 24.0 Å². The lowest BCUT2D eigenvalue weighted by Crippen LogP contribution is -2.43. The third-order valence-electron chi connectivity index (χ3n) is 6.68. The van der Waals surface area contributed by atoms with E-state index in [1.165, 1.54) is 5.56 Å².